The third-order valence-corrected chi connectivity index (χ3v) is 8.00. The number of carbonyl (C=O) groups excluding carboxylic acids is 1. The summed E-state index contributed by atoms with van der Waals surface area (Å²) in [5.74, 6) is -0.907. The van der Waals surface area contributed by atoms with Crippen LogP contribution in [0, 0.1) is 0 Å². The van der Waals surface area contributed by atoms with Gasteiger partial charge in [-0.1, -0.05) is 129 Å². The minimum atomic E-state index is -4.30. The second kappa shape index (κ2) is 26.3. The summed E-state index contributed by atoms with van der Waals surface area (Å²) in [7, 11) is -4.30. The molecule has 7 heteroatoms. The van der Waals surface area contributed by atoms with Crippen molar-refractivity contribution in [3.8, 4) is 0 Å². The monoisotopic (exact) mass is 559 g/mol. The first-order chi connectivity index (χ1) is 18.3. The Balaban J connectivity index is 4.02. The fourth-order valence-corrected chi connectivity index (χ4v) is 5.56. The van der Waals surface area contributed by atoms with E-state index in [1.54, 1.807) is 0 Å². The van der Waals surface area contributed by atoms with Gasteiger partial charge in [0.05, 0.1) is 17.9 Å². The second-order valence-electron chi connectivity index (χ2n) is 11.1. The molecule has 0 aliphatic heterocycles. The molecule has 0 aromatic rings. The van der Waals surface area contributed by atoms with E-state index in [1.807, 2.05) is 0 Å². The molecule has 0 fully saturated rings. The molecule has 0 radical (unpaired) electrons. The highest BCUT2D eigenvalue weighted by atomic mass is 32.2. The molecular formula is C31H61NO5S. The zero-order chi connectivity index (χ0) is 28.3. The maximum Gasteiger partial charge on any atom is 0.266 e. The Kier molecular flexibility index (Phi) is 25.7. The number of unbranched alkanes of at least 4 members (excludes halogenated alkanes) is 18. The molecule has 0 spiro atoms. The predicted octanol–water partition coefficient (Wildman–Crippen LogP) is 8.29. The molecule has 1 amide bonds. The lowest BCUT2D eigenvalue weighted by molar-refractivity contribution is -0.122. The summed E-state index contributed by atoms with van der Waals surface area (Å²) >= 11 is 0. The van der Waals surface area contributed by atoms with Gasteiger partial charge >= 0.3 is 0 Å². The van der Waals surface area contributed by atoms with E-state index in [4.69, 9.17) is 0 Å². The van der Waals surface area contributed by atoms with Gasteiger partial charge in [-0.25, -0.2) is 0 Å². The molecule has 0 saturated heterocycles. The maximum atomic E-state index is 12.4. The molecule has 0 bridgehead atoms. The zero-order valence-electron chi connectivity index (χ0n) is 24.8. The van der Waals surface area contributed by atoms with Crippen molar-refractivity contribution in [1.29, 1.82) is 0 Å². The molecular weight excluding hydrogens is 498 g/mol. The molecule has 0 aromatic heterocycles. The van der Waals surface area contributed by atoms with E-state index >= 15 is 0 Å². The lowest BCUT2D eigenvalue weighted by Crippen LogP contribution is -2.47. The smallest absolute Gasteiger partial charge is 0.266 e. The Labute approximate surface area is 235 Å². The second-order valence-corrected chi connectivity index (χ2v) is 12.6. The van der Waals surface area contributed by atoms with E-state index < -0.39 is 28.0 Å². The molecule has 3 N–H and O–H groups in total. The predicted molar refractivity (Wildman–Crippen MR) is 161 cm³/mol. The highest BCUT2D eigenvalue weighted by Crippen LogP contribution is 2.14. The number of allylic oxidation sites excluding steroid dienone is 2. The van der Waals surface area contributed by atoms with Crippen molar-refractivity contribution < 1.29 is 22.9 Å². The summed E-state index contributed by atoms with van der Waals surface area (Å²) in [5, 5.41) is 13.2. The van der Waals surface area contributed by atoms with Crippen LogP contribution in [0.15, 0.2) is 12.2 Å². The van der Waals surface area contributed by atoms with Crippen molar-refractivity contribution in [1.82, 2.24) is 5.32 Å². The number of carbonyl (C=O) groups is 1. The van der Waals surface area contributed by atoms with Crippen LogP contribution >= 0.6 is 0 Å². The molecule has 0 aliphatic carbocycles. The van der Waals surface area contributed by atoms with Gasteiger partial charge in [-0.2, -0.15) is 8.42 Å². The molecule has 38 heavy (non-hydrogen) atoms. The van der Waals surface area contributed by atoms with Gasteiger partial charge in [-0.05, 0) is 38.5 Å². The Morgan fingerprint density at radius 2 is 1.11 bits per heavy atom. The summed E-state index contributed by atoms with van der Waals surface area (Å²) in [6.07, 6.45) is 28.7. The first-order valence-electron chi connectivity index (χ1n) is 15.9. The van der Waals surface area contributed by atoms with Crippen LogP contribution in [-0.4, -0.2) is 41.9 Å². The van der Waals surface area contributed by atoms with Gasteiger partial charge in [0.25, 0.3) is 10.1 Å². The van der Waals surface area contributed by atoms with Crippen LogP contribution in [-0.2, 0) is 14.9 Å². The van der Waals surface area contributed by atoms with Crippen LogP contribution in [0.2, 0.25) is 0 Å². The molecule has 2 atom stereocenters. The highest BCUT2D eigenvalue weighted by Gasteiger charge is 2.26. The maximum absolute atomic E-state index is 12.4. The highest BCUT2D eigenvalue weighted by molar-refractivity contribution is 7.85. The van der Waals surface area contributed by atoms with E-state index in [0.29, 0.717) is 12.8 Å². The fraction of sp³-hybridized carbons (Fsp3) is 0.903. The van der Waals surface area contributed by atoms with Crippen LogP contribution < -0.4 is 5.32 Å². The van der Waals surface area contributed by atoms with Crippen LogP contribution in [0.4, 0.5) is 0 Å². The SMILES string of the molecule is CCCCC/C=C\CCCCCCCC(=O)NC(CS(=O)(=O)O)C(O)CCCCCCCCCCCCC. The van der Waals surface area contributed by atoms with Crippen molar-refractivity contribution in [2.45, 2.75) is 174 Å². The first kappa shape index (κ1) is 37.1. The van der Waals surface area contributed by atoms with Gasteiger partial charge < -0.3 is 10.4 Å². The number of rotatable bonds is 28. The van der Waals surface area contributed by atoms with E-state index in [9.17, 15) is 22.9 Å². The van der Waals surface area contributed by atoms with Crippen molar-refractivity contribution in [3.05, 3.63) is 12.2 Å². The van der Waals surface area contributed by atoms with Crippen molar-refractivity contribution >= 4 is 16.0 Å². The molecule has 6 nitrogen and oxygen atoms in total. The molecule has 0 aromatic carbocycles. The van der Waals surface area contributed by atoms with Gasteiger partial charge in [-0.3, -0.25) is 9.35 Å². The molecule has 2 unspecified atom stereocenters. The van der Waals surface area contributed by atoms with E-state index in [0.717, 1.165) is 57.8 Å². The zero-order valence-corrected chi connectivity index (χ0v) is 25.6. The molecule has 0 heterocycles. The van der Waals surface area contributed by atoms with E-state index in [2.05, 4.69) is 31.3 Å². The minimum absolute atomic E-state index is 0.258. The fourth-order valence-electron chi connectivity index (χ4n) is 4.80. The number of amides is 1. The minimum Gasteiger partial charge on any atom is -0.391 e. The largest absolute Gasteiger partial charge is 0.391 e. The summed E-state index contributed by atoms with van der Waals surface area (Å²) in [5.41, 5.74) is 0. The molecule has 0 rings (SSSR count). The Morgan fingerprint density at radius 1 is 0.684 bits per heavy atom. The molecule has 0 saturated carbocycles. The lowest BCUT2D eigenvalue weighted by Gasteiger charge is -2.23. The summed E-state index contributed by atoms with van der Waals surface area (Å²) in [6, 6.07) is -0.968. The third-order valence-electron chi connectivity index (χ3n) is 7.22. The number of aliphatic hydroxyl groups excluding tert-OH is 1. The number of nitrogens with one attached hydrogen (secondary N) is 1. The van der Waals surface area contributed by atoms with Crippen LogP contribution in [0.3, 0.4) is 0 Å². The topological polar surface area (TPSA) is 104 Å². The summed E-state index contributed by atoms with van der Waals surface area (Å²) < 4.78 is 32.2. The van der Waals surface area contributed by atoms with Crippen molar-refractivity contribution in [2.24, 2.45) is 0 Å². The van der Waals surface area contributed by atoms with Gasteiger partial charge in [0.15, 0.2) is 0 Å². The number of hydrogen-bond donors (Lipinski definition) is 3. The molecule has 0 aliphatic rings. The number of aliphatic hydroxyl groups is 1. The third kappa shape index (κ3) is 26.7. The first-order valence-corrected chi connectivity index (χ1v) is 17.5. The van der Waals surface area contributed by atoms with Gasteiger partial charge in [0, 0.05) is 6.42 Å². The average Bonchev–Trinajstić information content (AvgIpc) is 2.86. The van der Waals surface area contributed by atoms with Gasteiger partial charge in [0.2, 0.25) is 5.91 Å². The number of hydrogen-bond acceptors (Lipinski definition) is 4. The van der Waals surface area contributed by atoms with E-state index in [1.165, 1.54) is 77.0 Å². The van der Waals surface area contributed by atoms with E-state index in [-0.39, 0.29) is 5.91 Å². The Morgan fingerprint density at radius 3 is 1.63 bits per heavy atom. The lowest BCUT2D eigenvalue weighted by atomic mass is 10.0. The van der Waals surface area contributed by atoms with Crippen LogP contribution in [0.1, 0.15) is 162 Å². The van der Waals surface area contributed by atoms with Gasteiger partial charge in [0.1, 0.15) is 0 Å². The van der Waals surface area contributed by atoms with Gasteiger partial charge in [-0.15, -0.1) is 0 Å². The standard InChI is InChI=1S/C31H61NO5S/c1-3-5-7-9-11-13-15-17-19-21-23-25-27-31(34)32-29(28-38(35,36)37)30(33)26-24-22-20-18-16-14-12-10-8-6-4-2/h11,13,29-30,33H,3-10,12,14-28H2,1-2H3,(H,32,34)(H,35,36,37)/b13-11-. The Bertz CT molecular complexity index is 665. The summed E-state index contributed by atoms with van der Waals surface area (Å²) in [6.45, 7) is 4.45. The Hall–Kier alpha value is -0.920. The average molecular weight is 560 g/mol. The van der Waals surface area contributed by atoms with Crippen LogP contribution in [0.25, 0.3) is 0 Å². The normalized spacial score (nSPS) is 13.7. The molecule has 226 valence electrons. The van der Waals surface area contributed by atoms with Crippen LogP contribution in [0.5, 0.6) is 0 Å². The quantitative estimate of drug-likeness (QED) is 0.0508. The van der Waals surface area contributed by atoms with Crippen molar-refractivity contribution in [2.75, 3.05) is 5.75 Å². The van der Waals surface area contributed by atoms with Crippen molar-refractivity contribution in [3.63, 3.8) is 0 Å². The summed E-state index contributed by atoms with van der Waals surface area (Å²) in [4.78, 5) is 12.4.